The molecule has 0 bridgehead atoms. The summed E-state index contributed by atoms with van der Waals surface area (Å²) in [6.45, 7) is 25.6. The van der Waals surface area contributed by atoms with Gasteiger partial charge in [-0.25, -0.2) is 0 Å². The highest BCUT2D eigenvalue weighted by molar-refractivity contribution is 7.45. The van der Waals surface area contributed by atoms with Gasteiger partial charge in [0.15, 0.2) is 0 Å². The molecule has 0 saturated heterocycles. The van der Waals surface area contributed by atoms with E-state index in [2.05, 4.69) is 69.2 Å². The van der Waals surface area contributed by atoms with E-state index in [9.17, 15) is 9.46 Å². The molecule has 0 aliphatic carbocycles. The molecule has 0 rings (SSSR count). The van der Waals surface area contributed by atoms with Crippen molar-refractivity contribution in [3.8, 4) is 0 Å². The van der Waals surface area contributed by atoms with Crippen molar-refractivity contribution in [2.45, 2.75) is 204 Å². The predicted octanol–water partition coefficient (Wildman–Crippen LogP) is 13.5. The molecule has 0 spiro atoms. The highest BCUT2D eigenvalue weighted by atomic mass is 31.2. The maximum atomic E-state index is 12.6. The second-order valence-corrected chi connectivity index (χ2v) is 21.7. The van der Waals surface area contributed by atoms with Crippen LogP contribution in [-0.4, -0.2) is 71.3 Å². The molecule has 0 amide bonds. The van der Waals surface area contributed by atoms with Gasteiger partial charge < -0.3 is 27.9 Å². The standard InChI is InChI=1S/C48H100NO6P/c1-14-40(3)22-16-24-42(5)26-18-28-44(7)30-20-32-46(9)36-52-38-48(39-55-56(50,51)54-35-34-49(11,12)13)53-37-47(10)33-21-31-45(8)29-19-27-43(6)25-17-23-41(4)15-2/h40-48H,14-39H2,1-13H3/t40?,41?,42?,43?,44?,45?,46?,47?,48-/m1/s1. The highest BCUT2D eigenvalue weighted by Gasteiger charge is 2.20. The topological polar surface area (TPSA) is 77.1 Å². The quantitative estimate of drug-likeness (QED) is 0.0453. The Morgan fingerprint density at radius 3 is 1.16 bits per heavy atom. The van der Waals surface area contributed by atoms with Crippen LogP contribution in [0.25, 0.3) is 0 Å². The summed E-state index contributed by atoms with van der Waals surface area (Å²) in [4.78, 5) is 12.6. The van der Waals surface area contributed by atoms with E-state index in [0.29, 0.717) is 42.7 Å². The fourth-order valence-corrected chi connectivity index (χ4v) is 8.25. The Labute approximate surface area is 351 Å². The molecule has 0 saturated carbocycles. The number of phosphoric ester groups is 1. The lowest BCUT2D eigenvalue weighted by molar-refractivity contribution is -0.870. The lowest BCUT2D eigenvalue weighted by Gasteiger charge is -2.29. The number of nitrogens with zero attached hydrogens (tertiary/aromatic N) is 1. The number of quaternary nitrogens is 1. The number of phosphoric acid groups is 1. The van der Waals surface area contributed by atoms with E-state index in [1.54, 1.807) is 0 Å². The Bertz CT molecular complexity index is 930. The van der Waals surface area contributed by atoms with Crippen LogP contribution in [0.4, 0.5) is 0 Å². The summed E-state index contributed by atoms with van der Waals surface area (Å²) in [5.74, 6) is 5.78. The number of rotatable bonds is 40. The van der Waals surface area contributed by atoms with Crippen molar-refractivity contribution >= 4 is 7.82 Å². The Morgan fingerprint density at radius 1 is 0.464 bits per heavy atom. The van der Waals surface area contributed by atoms with Crippen LogP contribution in [-0.2, 0) is 23.1 Å². The van der Waals surface area contributed by atoms with Gasteiger partial charge in [-0.05, 0) is 60.2 Å². The first-order valence-electron chi connectivity index (χ1n) is 23.9. The van der Waals surface area contributed by atoms with Crippen molar-refractivity contribution < 1.29 is 32.5 Å². The van der Waals surface area contributed by atoms with Crippen molar-refractivity contribution in [1.82, 2.24) is 0 Å². The van der Waals surface area contributed by atoms with E-state index in [1.165, 1.54) is 116 Å². The van der Waals surface area contributed by atoms with E-state index in [-0.39, 0.29) is 13.2 Å². The molecule has 0 aromatic carbocycles. The largest absolute Gasteiger partial charge is 0.756 e. The number of hydrogen-bond donors (Lipinski definition) is 0. The minimum absolute atomic E-state index is 0.0899. The zero-order valence-corrected chi connectivity index (χ0v) is 40.8. The molecule has 0 aliphatic rings. The van der Waals surface area contributed by atoms with E-state index in [4.69, 9.17) is 18.5 Å². The first kappa shape index (κ1) is 56.0. The maximum Gasteiger partial charge on any atom is 0.268 e. The Kier molecular flexibility index (Phi) is 33.7. The molecule has 10 atom stereocenters. The summed E-state index contributed by atoms with van der Waals surface area (Å²) in [6.07, 6.45) is 25.7. The molecule has 7 nitrogen and oxygen atoms in total. The smallest absolute Gasteiger partial charge is 0.268 e. The van der Waals surface area contributed by atoms with Crippen molar-refractivity contribution in [3.63, 3.8) is 0 Å². The predicted molar refractivity (Wildman–Crippen MR) is 240 cm³/mol. The molecule has 338 valence electrons. The summed E-state index contributed by atoms with van der Waals surface area (Å²) < 4.78 is 36.1. The van der Waals surface area contributed by atoms with Crippen LogP contribution in [0.15, 0.2) is 0 Å². The Hall–Kier alpha value is -0.0100. The second-order valence-electron chi connectivity index (χ2n) is 20.3. The molecule has 8 heteroatoms. The van der Waals surface area contributed by atoms with Crippen LogP contribution < -0.4 is 4.89 Å². The van der Waals surface area contributed by atoms with Gasteiger partial charge in [0.1, 0.15) is 19.3 Å². The third-order valence-electron chi connectivity index (χ3n) is 12.5. The summed E-state index contributed by atoms with van der Waals surface area (Å²) in [6, 6.07) is 0. The van der Waals surface area contributed by atoms with Crippen molar-refractivity contribution in [1.29, 1.82) is 0 Å². The van der Waals surface area contributed by atoms with Gasteiger partial charge in [-0.2, -0.15) is 0 Å². The third-order valence-corrected chi connectivity index (χ3v) is 13.5. The Balaban J connectivity index is 4.62. The van der Waals surface area contributed by atoms with Gasteiger partial charge >= 0.3 is 0 Å². The molecule has 0 heterocycles. The minimum atomic E-state index is -4.43. The van der Waals surface area contributed by atoms with E-state index < -0.39 is 13.9 Å². The molecule has 0 aliphatic heterocycles. The van der Waals surface area contributed by atoms with E-state index in [0.717, 1.165) is 48.3 Å². The number of hydrogen-bond acceptors (Lipinski definition) is 6. The van der Waals surface area contributed by atoms with Gasteiger partial charge in [0.2, 0.25) is 0 Å². The van der Waals surface area contributed by atoms with Crippen LogP contribution >= 0.6 is 7.82 Å². The second kappa shape index (κ2) is 33.7. The molecule has 0 aromatic rings. The normalized spacial score (nSPS) is 18.5. The molecule has 0 radical (unpaired) electrons. The SMILES string of the molecule is CCC(C)CCCC(C)CCCC(C)CCCC(C)COC[C@H](COP(=O)([O-])OCC[N+](C)(C)C)OCC(C)CCCC(C)CCCC(C)CCCC(C)CC. The molecular formula is C48H100NO6P. The van der Waals surface area contributed by atoms with Gasteiger partial charge in [-0.3, -0.25) is 4.57 Å². The average molecular weight is 818 g/mol. The number of ether oxygens (including phenoxy) is 2. The molecule has 0 fully saturated rings. The molecule has 9 unspecified atom stereocenters. The van der Waals surface area contributed by atoms with Gasteiger partial charge in [-0.1, -0.05) is 185 Å². The summed E-state index contributed by atoms with van der Waals surface area (Å²) in [7, 11) is 1.57. The highest BCUT2D eigenvalue weighted by Crippen LogP contribution is 2.38. The molecule has 0 aromatic heterocycles. The zero-order chi connectivity index (χ0) is 42.4. The maximum absolute atomic E-state index is 12.6. The van der Waals surface area contributed by atoms with Crippen LogP contribution in [0.2, 0.25) is 0 Å². The van der Waals surface area contributed by atoms with Crippen molar-refractivity contribution in [2.75, 3.05) is 60.7 Å². The lowest BCUT2D eigenvalue weighted by atomic mass is 9.91. The van der Waals surface area contributed by atoms with Crippen molar-refractivity contribution in [3.05, 3.63) is 0 Å². The zero-order valence-electron chi connectivity index (χ0n) is 39.9. The Morgan fingerprint density at radius 2 is 0.804 bits per heavy atom. The fraction of sp³-hybridized carbons (Fsp3) is 1.00. The van der Waals surface area contributed by atoms with Gasteiger partial charge in [0.25, 0.3) is 7.82 Å². The first-order chi connectivity index (χ1) is 26.4. The molecular weight excluding hydrogens is 718 g/mol. The van der Waals surface area contributed by atoms with Crippen LogP contribution in [0.3, 0.4) is 0 Å². The van der Waals surface area contributed by atoms with Gasteiger partial charge in [0.05, 0.1) is 34.4 Å². The van der Waals surface area contributed by atoms with Crippen LogP contribution in [0.1, 0.15) is 198 Å². The third kappa shape index (κ3) is 35.9. The summed E-state index contributed by atoms with van der Waals surface area (Å²) in [5.41, 5.74) is 0. The van der Waals surface area contributed by atoms with Crippen molar-refractivity contribution in [2.24, 2.45) is 47.3 Å². The monoisotopic (exact) mass is 818 g/mol. The van der Waals surface area contributed by atoms with Crippen LogP contribution in [0.5, 0.6) is 0 Å². The first-order valence-corrected chi connectivity index (χ1v) is 25.4. The average Bonchev–Trinajstić information content (AvgIpc) is 3.11. The van der Waals surface area contributed by atoms with Crippen LogP contribution in [0, 0.1) is 47.3 Å². The summed E-state index contributed by atoms with van der Waals surface area (Å²) >= 11 is 0. The number of likely N-dealkylation sites (N-methyl/N-ethyl adjacent to an activating group) is 1. The minimum Gasteiger partial charge on any atom is -0.756 e. The lowest BCUT2D eigenvalue weighted by Crippen LogP contribution is -2.37. The van der Waals surface area contributed by atoms with Gasteiger partial charge in [0, 0.05) is 13.2 Å². The van der Waals surface area contributed by atoms with Gasteiger partial charge in [-0.15, -0.1) is 0 Å². The molecule has 56 heavy (non-hydrogen) atoms. The van der Waals surface area contributed by atoms with E-state index >= 15 is 0 Å². The van der Waals surface area contributed by atoms with E-state index in [1.807, 2.05) is 21.1 Å². The molecule has 0 N–H and O–H groups in total. The summed E-state index contributed by atoms with van der Waals surface area (Å²) in [5, 5.41) is 0. The fourth-order valence-electron chi connectivity index (χ4n) is 7.52.